The molecule has 2 aromatic carbocycles. The molecule has 37 heavy (non-hydrogen) atoms. The maximum absolute atomic E-state index is 12.7. The fraction of sp³-hybridized carbons (Fsp3) is 0.429. The molecule has 1 unspecified atom stereocenters. The monoisotopic (exact) mass is 528 g/mol. The summed E-state index contributed by atoms with van der Waals surface area (Å²) in [5, 5.41) is 1.50. The van der Waals surface area contributed by atoms with E-state index in [1.165, 1.54) is 19.3 Å². The Bertz CT molecular complexity index is 1120. The Balaban J connectivity index is 1.46. The van der Waals surface area contributed by atoms with E-state index in [9.17, 15) is 13.8 Å². The van der Waals surface area contributed by atoms with Crippen LogP contribution in [0.2, 0.25) is 0 Å². The Labute approximate surface area is 219 Å². The first-order chi connectivity index (χ1) is 17.8. The normalized spacial score (nSPS) is 27.2. The van der Waals surface area contributed by atoms with E-state index in [-0.39, 0.29) is 18.6 Å². The van der Waals surface area contributed by atoms with E-state index >= 15 is 0 Å². The van der Waals surface area contributed by atoms with Gasteiger partial charge in [-0.15, -0.1) is 0 Å². The molecule has 0 bridgehead atoms. The number of carbonyl (C=O) groups is 2. The summed E-state index contributed by atoms with van der Waals surface area (Å²) < 4.78 is 42.2. The second kappa shape index (κ2) is 12.6. The number of esters is 2. The van der Waals surface area contributed by atoms with E-state index in [4.69, 9.17) is 23.7 Å². The van der Waals surface area contributed by atoms with Crippen LogP contribution in [-0.4, -0.2) is 53.3 Å². The Morgan fingerprint density at radius 3 is 2.43 bits per heavy atom. The van der Waals surface area contributed by atoms with E-state index in [1.807, 2.05) is 49.4 Å². The zero-order valence-corrected chi connectivity index (χ0v) is 21.9. The number of aryl methyl sites for hydroxylation is 1. The van der Waals surface area contributed by atoms with Crippen molar-refractivity contribution < 1.29 is 37.5 Å². The van der Waals surface area contributed by atoms with Crippen molar-refractivity contribution >= 4 is 22.7 Å². The average molecular weight is 529 g/mol. The molecule has 0 radical (unpaired) electrons. The summed E-state index contributed by atoms with van der Waals surface area (Å²) in [4.78, 5) is 24.3. The predicted molar refractivity (Wildman–Crippen MR) is 136 cm³/mol. The highest BCUT2D eigenvalue weighted by Gasteiger charge is 2.45. The van der Waals surface area contributed by atoms with Crippen LogP contribution in [0, 0.1) is 6.92 Å². The van der Waals surface area contributed by atoms with Crippen molar-refractivity contribution in [2.24, 2.45) is 0 Å². The lowest BCUT2D eigenvalue weighted by Crippen LogP contribution is -2.54. The highest BCUT2D eigenvalue weighted by molar-refractivity contribution is 7.88. The van der Waals surface area contributed by atoms with Gasteiger partial charge in [-0.2, -0.15) is 0 Å². The Morgan fingerprint density at radius 2 is 1.76 bits per heavy atom. The van der Waals surface area contributed by atoms with Crippen LogP contribution in [0.25, 0.3) is 0 Å². The zero-order chi connectivity index (χ0) is 26.4. The van der Waals surface area contributed by atoms with Gasteiger partial charge >= 0.3 is 11.9 Å². The molecule has 4 rings (SSSR count). The molecule has 8 nitrogen and oxygen atoms in total. The molecular formula is C28H32O8S. The third-order valence-electron chi connectivity index (χ3n) is 6.19. The molecule has 198 valence electrons. The molecule has 2 aromatic rings. The highest BCUT2D eigenvalue weighted by Crippen LogP contribution is 2.36. The number of ether oxygens (including phenoxy) is 5. The van der Waals surface area contributed by atoms with Crippen LogP contribution in [0.4, 0.5) is 0 Å². The third kappa shape index (κ3) is 7.58. The van der Waals surface area contributed by atoms with Crippen LogP contribution in [0.5, 0.6) is 0 Å². The molecule has 0 N–H and O–H groups in total. The fourth-order valence-electron chi connectivity index (χ4n) is 4.45. The topological polar surface area (TPSA) is 97.4 Å². The molecule has 0 amide bonds. The van der Waals surface area contributed by atoms with Gasteiger partial charge in [-0.3, -0.25) is 9.59 Å². The van der Waals surface area contributed by atoms with Crippen LogP contribution >= 0.6 is 0 Å². The van der Waals surface area contributed by atoms with Gasteiger partial charge in [-0.05, 0) is 25.1 Å². The van der Waals surface area contributed by atoms with Gasteiger partial charge in [0, 0.05) is 42.6 Å². The first kappa shape index (κ1) is 27.2. The minimum atomic E-state index is -1.42. The third-order valence-corrected chi connectivity index (χ3v) is 7.34. The molecule has 2 aliphatic heterocycles. The van der Waals surface area contributed by atoms with E-state index in [2.05, 4.69) is 0 Å². The van der Waals surface area contributed by atoms with Gasteiger partial charge < -0.3 is 23.7 Å². The summed E-state index contributed by atoms with van der Waals surface area (Å²) in [6.45, 7) is 4.91. The van der Waals surface area contributed by atoms with Crippen molar-refractivity contribution in [3.8, 4) is 0 Å². The van der Waals surface area contributed by atoms with E-state index in [0.29, 0.717) is 17.9 Å². The van der Waals surface area contributed by atoms with Crippen molar-refractivity contribution in [1.29, 1.82) is 0 Å². The first-order valence-corrected chi connectivity index (χ1v) is 13.5. The number of fused-ring (bicyclic) bond motifs is 1. The summed E-state index contributed by atoms with van der Waals surface area (Å²) in [7, 11) is -1.42. The van der Waals surface area contributed by atoms with Crippen LogP contribution in [0.1, 0.15) is 44.1 Å². The second-order valence-corrected chi connectivity index (χ2v) is 10.5. The van der Waals surface area contributed by atoms with Gasteiger partial charge in [0.25, 0.3) is 0 Å². The molecule has 2 saturated heterocycles. The second-order valence-electron chi connectivity index (χ2n) is 9.17. The number of rotatable bonds is 8. The molecule has 9 heteroatoms. The molecule has 0 saturated carbocycles. The van der Waals surface area contributed by atoms with Crippen LogP contribution in [0.3, 0.4) is 0 Å². The summed E-state index contributed by atoms with van der Waals surface area (Å²) in [6, 6.07) is 17.0. The smallest absolute Gasteiger partial charge is 0.303 e. The maximum Gasteiger partial charge on any atom is 0.303 e. The van der Waals surface area contributed by atoms with Crippen molar-refractivity contribution in [1.82, 2.24) is 0 Å². The number of benzene rings is 2. The molecule has 0 aliphatic carbocycles. The van der Waals surface area contributed by atoms with Gasteiger partial charge in [-0.25, -0.2) is 4.21 Å². The van der Waals surface area contributed by atoms with Gasteiger partial charge in [-0.1, -0.05) is 48.0 Å². The van der Waals surface area contributed by atoms with Gasteiger partial charge in [0.1, 0.15) is 18.3 Å². The van der Waals surface area contributed by atoms with Crippen molar-refractivity contribution in [3.05, 3.63) is 77.2 Å². The number of hydrogen-bond donors (Lipinski definition) is 0. The summed E-state index contributed by atoms with van der Waals surface area (Å²) in [5.41, 5.74) is 1.96. The number of hydrogen-bond acceptors (Lipinski definition) is 8. The quantitative estimate of drug-likeness (QED) is 0.472. The molecule has 2 heterocycles. The minimum absolute atomic E-state index is 0.213. The van der Waals surface area contributed by atoms with Gasteiger partial charge in [0.05, 0.1) is 29.6 Å². The fourth-order valence-corrected chi connectivity index (χ4v) is 5.33. The first-order valence-electron chi connectivity index (χ1n) is 12.3. The summed E-state index contributed by atoms with van der Waals surface area (Å²) in [6.07, 6.45) is -0.941. The SMILES string of the molecule is CC(=O)O[C@H](/C=C/S(=O)c1ccc(C)cc1)C[C@@H]1O[C@@H]2CO[C@@H](c3ccccc3)O[C@H]2C[C@H]1OC(C)=O. The zero-order valence-electron chi connectivity index (χ0n) is 21.1. The van der Waals surface area contributed by atoms with Gasteiger partial charge in [0.15, 0.2) is 6.29 Å². The molecule has 0 spiro atoms. The maximum atomic E-state index is 12.7. The molecule has 7 atom stereocenters. The Hall–Kier alpha value is -2.85. The van der Waals surface area contributed by atoms with E-state index in [0.717, 1.165) is 11.1 Å². The lowest BCUT2D eigenvalue weighted by Gasteiger charge is -2.45. The molecule has 2 aliphatic rings. The van der Waals surface area contributed by atoms with Crippen LogP contribution < -0.4 is 0 Å². The van der Waals surface area contributed by atoms with E-state index < -0.39 is 47.3 Å². The van der Waals surface area contributed by atoms with Crippen LogP contribution in [0.15, 0.2) is 71.0 Å². The van der Waals surface area contributed by atoms with Gasteiger partial charge in [0.2, 0.25) is 0 Å². The standard InChI is InChI=1S/C28H32O8S/c1-18-9-11-23(12-10-18)37(31)14-13-22(33-19(2)29)15-24-25(34-20(3)30)16-26-27(35-24)17-32-28(36-26)21-7-5-4-6-8-21/h4-14,22,24-28H,15-17H2,1-3H3/b14-13+/t22-,24+,25-,26+,27-,28-,37?/m1/s1. The average Bonchev–Trinajstić information content (AvgIpc) is 2.87. The highest BCUT2D eigenvalue weighted by atomic mass is 32.2. The van der Waals surface area contributed by atoms with Crippen molar-refractivity contribution in [2.45, 2.75) is 75.3 Å². The Morgan fingerprint density at radius 1 is 1.03 bits per heavy atom. The molecular weight excluding hydrogens is 496 g/mol. The van der Waals surface area contributed by atoms with Crippen LogP contribution in [-0.2, 0) is 44.1 Å². The van der Waals surface area contributed by atoms with Crippen molar-refractivity contribution in [2.75, 3.05) is 6.61 Å². The minimum Gasteiger partial charge on any atom is -0.460 e. The summed E-state index contributed by atoms with van der Waals surface area (Å²) in [5.74, 6) is -0.924. The Kier molecular flexibility index (Phi) is 9.26. The van der Waals surface area contributed by atoms with Crippen molar-refractivity contribution in [3.63, 3.8) is 0 Å². The lowest BCUT2D eigenvalue weighted by molar-refractivity contribution is -0.304. The molecule has 2 fully saturated rings. The lowest BCUT2D eigenvalue weighted by atomic mass is 9.93. The predicted octanol–water partition coefficient (Wildman–Crippen LogP) is 4.14. The largest absolute Gasteiger partial charge is 0.460 e. The molecule has 0 aromatic heterocycles. The number of carbonyl (C=O) groups excluding carboxylic acids is 2. The van der Waals surface area contributed by atoms with E-state index in [1.54, 1.807) is 18.2 Å². The summed E-state index contributed by atoms with van der Waals surface area (Å²) >= 11 is 0.